The summed E-state index contributed by atoms with van der Waals surface area (Å²) in [5.41, 5.74) is 6.67. The predicted octanol–water partition coefficient (Wildman–Crippen LogP) is 3.04. The molecule has 0 bridgehead atoms. The Balaban J connectivity index is 1.93. The van der Waals surface area contributed by atoms with Crippen molar-refractivity contribution in [1.29, 1.82) is 0 Å². The number of rotatable bonds is 6. The van der Waals surface area contributed by atoms with E-state index in [-0.39, 0.29) is 5.56 Å². The number of carbonyl (C=O) groups excluding carboxylic acids is 1. The molecule has 24 heavy (non-hydrogen) atoms. The molecule has 0 saturated heterocycles. The third-order valence-corrected chi connectivity index (χ3v) is 5.29. The standard InChI is InChI=1S/C17H15N3O2S2/c1-2-7-20-16(22)13-6-8-23-15(13)19-17(20)24-10-11-4-3-5-12(9-11)14(18)21/h2-6,8-9H,1,7,10H2,(H2,18,21). The molecular formula is C17H15N3O2S2. The van der Waals surface area contributed by atoms with Crippen molar-refractivity contribution in [1.82, 2.24) is 9.55 Å². The first-order chi connectivity index (χ1) is 11.6. The summed E-state index contributed by atoms with van der Waals surface area (Å²) in [6.45, 7) is 4.11. The zero-order valence-corrected chi connectivity index (χ0v) is 14.4. The highest BCUT2D eigenvalue weighted by atomic mass is 32.2. The van der Waals surface area contributed by atoms with Crippen LogP contribution in [-0.2, 0) is 12.3 Å². The maximum absolute atomic E-state index is 12.6. The van der Waals surface area contributed by atoms with Crippen molar-refractivity contribution >= 4 is 39.2 Å². The number of primary amides is 1. The molecule has 2 heterocycles. The number of fused-ring (bicyclic) bond motifs is 1. The Hall–Kier alpha value is -2.38. The second-order valence-corrected chi connectivity index (χ2v) is 6.93. The molecule has 122 valence electrons. The van der Waals surface area contributed by atoms with E-state index >= 15 is 0 Å². The number of nitrogens with zero attached hydrogens (tertiary/aromatic N) is 2. The first kappa shape index (κ1) is 16.5. The number of carbonyl (C=O) groups is 1. The second kappa shape index (κ2) is 7.02. The largest absolute Gasteiger partial charge is 0.366 e. The van der Waals surface area contributed by atoms with Crippen LogP contribution in [0.1, 0.15) is 15.9 Å². The monoisotopic (exact) mass is 357 g/mol. The number of aromatic nitrogens is 2. The van der Waals surface area contributed by atoms with Crippen molar-refractivity contribution in [2.45, 2.75) is 17.5 Å². The van der Waals surface area contributed by atoms with Crippen molar-refractivity contribution < 1.29 is 4.79 Å². The van der Waals surface area contributed by atoms with Crippen molar-refractivity contribution in [3.63, 3.8) is 0 Å². The van der Waals surface area contributed by atoms with Gasteiger partial charge in [0.15, 0.2) is 5.16 Å². The van der Waals surface area contributed by atoms with Crippen LogP contribution in [0.15, 0.2) is 58.3 Å². The predicted molar refractivity (Wildman–Crippen MR) is 98.6 cm³/mol. The number of nitrogens with two attached hydrogens (primary N) is 1. The highest BCUT2D eigenvalue weighted by Gasteiger charge is 2.12. The summed E-state index contributed by atoms with van der Waals surface area (Å²) in [7, 11) is 0. The highest BCUT2D eigenvalue weighted by Crippen LogP contribution is 2.24. The van der Waals surface area contributed by atoms with Gasteiger partial charge in [0, 0.05) is 17.9 Å². The molecule has 0 fully saturated rings. The smallest absolute Gasteiger partial charge is 0.263 e. The molecule has 1 aromatic carbocycles. The molecule has 0 radical (unpaired) electrons. The minimum absolute atomic E-state index is 0.0606. The van der Waals surface area contributed by atoms with Crippen molar-refractivity contribution in [2.24, 2.45) is 5.73 Å². The number of thioether (sulfide) groups is 1. The lowest BCUT2D eigenvalue weighted by molar-refractivity contribution is 0.1000. The Morgan fingerprint density at radius 3 is 3.00 bits per heavy atom. The van der Waals surface area contributed by atoms with E-state index in [1.54, 1.807) is 34.9 Å². The molecule has 1 amide bonds. The van der Waals surface area contributed by atoms with Gasteiger partial charge in [-0.05, 0) is 29.1 Å². The van der Waals surface area contributed by atoms with Gasteiger partial charge in [0.05, 0.1) is 5.39 Å². The van der Waals surface area contributed by atoms with Crippen LogP contribution < -0.4 is 11.3 Å². The topological polar surface area (TPSA) is 78.0 Å². The molecule has 0 saturated carbocycles. The molecule has 7 heteroatoms. The SMILES string of the molecule is C=CCn1c(SCc2cccc(C(N)=O)c2)nc2sccc2c1=O. The van der Waals surface area contributed by atoms with Gasteiger partial charge in [-0.2, -0.15) is 0 Å². The van der Waals surface area contributed by atoms with Gasteiger partial charge in [0.1, 0.15) is 4.83 Å². The van der Waals surface area contributed by atoms with Gasteiger partial charge in [-0.3, -0.25) is 14.2 Å². The maximum atomic E-state index is 12.6. The fourth-order valence-electron chi connectivity index (χ4n) is 2.29. The second-order valence-electron chi connectivity index (χ2n) is 5.09. The van der Waals surface area contributed by atoms with Gasteiger partial charge in [0.25, 0.3) is 5.56 Å². The number of thiophene rings is 1. The van der Waals surface area contributed by atoms with Gasteiger partial charge in [-0.25, -0.2) is 4.98 Å². The Kier molecular flexibility index (Phi) is 4.82. The van der Waals surface area contributed by atoms with E-state index in [4.69, 9.17) is 5.73 Å². The quantitative estimate of drug-likeness (QED) is 0.418. The molecule has 0 unspecified atom stereocenters. The van der Waals surface area contributed by atoms with E-state index in [9.17, 15) is 9.59 Å². The van der Waals surface area contributed by atoms with Crippen LogP contribution >= 0.6 is 23.1 Å². The van der Waals surface area contributed by atoms with E-state index in [0.29, 0.717) is 28.4 Å². The van der Waals surface area contributed by atoms with Crippen LogP contribution in [0.2, 0.25) is 0 Å². The summed E-state index contributed by atoms with van der Waals surface area (Å²) in [4.78, 5) is 29.2. The Bertz CT molecular complexity index is 975. The average molecular weight is 357 g/mol. The highest BCUT2D eigenvalue weighted by molar-refractivity contribution is 7.98. The fourth-order valence-corrected chi connectivity index (χ4v) is 4.05. The lowest BCUT2D eigenvalue weighted by Gasteiger charge is -2.10. The van der Waals surface area contributed by atoms with Crippen molar-refractivity contribution in [2.75, 3.05) is 0 Å². The van der Waals surface area contributed by atoms with Crippen LogP contribution in [0.5, 0.6) is 0 Å². The number of amides is 1. The van der Waals surface area contributed by atoms with E-state index < -0.39 is 5.91 Å². The molecule has 0 spiro atoms. The van der Waals surface area contributed by atoms with Crippen LogP contribution in [0, 0.1) is 0 Å². The normalized spacial score (nSPS) is 10.8. The number of allylic oxidation sites excluding steroid dienone is 1. The van der Waals surface area contributed by atoms with E-state index in [1.807, 2.05) is 11.4 Å². The molecule has 3 aromatic rings. The summed E-state index contributed by atoms with van der Waals surface area (Å²) < 4.78 is 1.62. The minimum atomic E-state index is -0.455. The fraction of sp³-hybridized carbons (Fsp3) is 0.118. The van der Waals surface area contributed by atoms with Crippen LogP contribution in [-0.4, -0.2) is 15.5 Å². The first-order valence-corrected chi connectivity index (χ1v) is 9.07. The number of hydrogen-bond acceptors (Lipinski definition) is 5. The molecule has 2 N–H and O–H groups in total. The van der Waals surface area contributed by atoms with Gasteiger partial charge < -0.3 is 5.73 Å². The summed E-state index contributed by atoms with van der Waals surface area (Å²) >= 11 is 2.90. The third kappa shape index (κ3) is 3.27. The first-order valence-electron chi connectivity index (χ1n) is 7.20. The molecule has 0 aliphatic carbocycles. The van der Waals surface area contributed by atoms with Crippen LogP contribution in [0.3, 0.4) is 0 Å². The molecule has 0 aliphatic rings. The van der Waals surface area contributed by atoms with E-state index in [2.05, 4.69) is 11.6 Å². The molecule has 2 aromatic heterocycles. The van der Waals surface area contributed by atoms with Gasteiger partial charge in [0.2, 0.25) is 5.91 Å². The summed E-state index contributed by atoms with van der Waals surface area (Å²) in [6, 6.07) is 8.94. The van der Waals surface area contributed by atoms with Gasteiger partial charge in [-0.1, -0.05) is 30.0 Å². The summed E-state index contributed by atoms with van der Waals surface area (Å²) in [5, 5.41) is 3.13. The average Bonchev–Trinajstić information content (AvgIpc) is 3.05. The van der Waals surface area contributed by atoms with E-state index in [1.165, 1.54) is 23.1 Å². The minimum Gasteiger partial charge on any atom is -0.366 e. The van der Waals surface area contributed by atoms with Crippen LogP contribution in [0.25, 0.3) is 10.2 Å². The lowest BCUT2D eigenvalue weighted by Crippen LogP contribution is -2.22. The Morgan fingerprint density at radius 1 is 1.42 bits per heavy atom. The molecule has 0 atom stereocenters. The van der Waals surface area contributed by atoms with Gasteiger partial charge >= 0.3 is 0 Å². The molecular weight excluding hydrogens is 342 g/mol. The molecule has 0 aliphatic heterocycles. The van der Waals surface area contributed by atoms with Crippen molar-refractivity contribution in [3.8, 4) is 0 Å². The number of hydrogen-bond donors (Lipinski definition) is 1. The van der Waals surface area contributed by atoms with Crippen molar-refractivity contribution in [3.05, 3.63) is 69.8 Å². The third-order valence-electron chi connectivity index (χ3n) is 3.44. The zero-order chi connectivity index (χ0) is 17.1. The van der Waals surface area contributed by atoms with E-state index in [0.717, 1.165) is 10.4 Å². The zero-order valence-electron chi connectivity index (χ0n) is 12.8. The molecule has 3 rings (SSSR count). The number of benzene rings is 1. The summed E-state index contributed by atoms with van der Waals surface area (Å²) in [5.74, 6) is 0.130. The van der Waals surface area contributed by atoms with Crippen LogP contribution in [0.4, 0.5) is 0 Å². The molecule has 5 nitrogen and oxygen atoms in total. The maximum Gasteiger partial charge on any atom is 0.263 e. The Morgan fingerprint density at radius 2 is 2.25 bits per heavy atom. The van der Waals surface area contributed by atoms with Gasteiger partial charge in [-0.15, -0.1) is 17.9 Å². The Labute approximate surface area is 146 Å². The summed E-state index contributed by atoms with van der Waals surface area (Å²) in [6.07, 6.45) is 1.68. The lowest BCUT2D eigenvalue weighted by atomic mass is 10.1.